The number of hydrogen-bond donors (Lipinski definition) is 6. The molecule has 0 aromatic rings. The van der Waals surface area contributed by atoms with Gasteiger partial charge in [0.15, 0.2) is 0 Å². The molecule has 0 saturated carbocycles. The number of carboxylic acid groups (broad SMARTS) is 6. The number of aliphatic carboxylic acids is 6. The molecule has 35 heavy (non-hydrogen) atoms. The minimum absolute atomic E-state index is 0. The van der Waals surface area contributed by atoms with E-state index in [1.54, 1.807) is 0 Å². The second kappa shape index (κ2) is 17.6. The molecule has 18 nitrogen and oxygen atoms in total. The molecule has 0 aromatic carbocycles. The van der Waals surface area contributed by atoms with E-state index in [1.165, 1.54) is 0 Å². The third-order valence-electron chi connectivity index (χ3n) is 3.29. The SMILES string of the molecule is N[C@@H](CCC(=O)[O-])C(=O)OC(C(=O)O)C(=O)O.N[C@@H](CCC(=O)[O-])C(=O)OC(C(=O)O)C(=O)O.[Fe+2]. The van der Waals surface area contributed by atoms with Gasteiger partial charge in [0, 0.05) is 11.9 Å². The molecule has 0 aromatic heterocycles. The largest absolute Gasteiger partial charge is 2.00 e. The Bertz CT molecular complexity index is 721. The van der Waals surface area contributed by atoms with Crippen molar-refractivity contribution < 1.29 is 95.5 Å². The van der Waals surface area contributed by atoms with E-state index < -0.39 is 84.9 Å². The zero-order valence-electron chi connectivity index (χ0n) is 17.3. The van der Waals surface area contributed by atoms with E-state index in [9.17, 15) is 48.6 Å². The molecule has 0 amide bonds. The number of rotatable bonds is 14. The van der Waals surface area contributed by atoms with Crippen molar-refractivity contribution in [2.45, 2.75) is 50.0 Å². The van der Waals surface area contributed by atoms with Gasteiger partial charge in [0.05, 0.1) is 0 Å². The summed E-state index contributed by atoms with van der Waals surface area (Å²) in [6.45, 7) is 0. The summed E-state index contributed by atoms with van der Waals surface area (Å²) in [7, 11) is 0. The third-order valence-corrected chi connectivity index (χ3v) is 3.29. The number of nitrogens with two attached hydrogens (primary N) is 2. The summed E-state index contributed by atoms with van der Waals surface area (Å²) in [4.78, 5) is 83.7. The Hall–Kier alpha value is -3.80. The predicted molar refractivity (Wildman–Crippen MR) is 94.7 cm³/mol. The molecule has 0 aliphatic carbocycles. The second-order valence-electron chi connectivity index (χ2n) is 6.02. The van der Waals surface area contributed by atoms with Gasteiger partial charge in [-0.2, -0.15) is 0 Å². The summed E-state index contributed by atoms with van der Waals surface area (Å²) in [5, 5.41) is 53.7. The van der Waals surface area contributed by atoms with Crippen molar-refractivity contribution in [2.75, 3.05) is 0 Å². The Kier molecular flexibility index (Phi) is 18.0. The first-order chi connectivity index (χ1) is 15.5. The second-order valence-corrected chi connectivity index (χ2v) is 6.02. The van der Waals surface area contributed by atoms with Gasteiger partial charge in [0.1, 0.15) is 12.1 Å². The number of hydrogen-bond acceptors (Lipinski definition) is 14. The fourth-order valence-electron chi connectivity index (χ4n) is 1.60. The predicted octanol–water partition coefficient (Wildman–Crippen LogP) is -6.15. The van der Waals surface area contributed by atoms with Crippen LogP contribution in [0.4, 0.5) is 0 Å². The first-order valence-corrected chi connectivity index (χ1v) is 8.74. The molecule has 0 spiro atoms. The molecule has 8 N–H and O–H groups in total. The number of ether oxygens (including phenoxy) is 2. The molecule has 0 heterocycles. The van der Waals surface area contributed by atoms with Gasteiger partial charge < -0.3 is 61.2 Å². The molecule has 0 bridgehead atoms. The molecule has 0 aliphatic heterocycles. The fraction of sp³-hybridized carbons (Fsp3) is 0.500. The minimum Gasteiger partial charge on any atom is -0.550 e. The van der Waals surface area contributed by atoms with Crippen LogP contribution in [0.3, 0.4) is 0 Å². The van der Waals surface area contributed by atoms with Crippen LogP contribution in [0.25, 0.3) is 0 Å². The van der Waals surface area contributed by atoms with Gasteiger partial charge in [-0.3, -0.25) is 9.59 Å². The topological polar surface area (TPSA) is 334 Å². The van der Waals surface area contributed by atoms with Crippen molar-refractivity contribution in [2.24, 2.45) is 11.5 Å². The average molecular weight is 552 g/mol. The average Bonchev–Trinajstić information content (AvgIpc) is 2.71. The maximum absolute atomic E-state index is 11.1. The number of carbonyl (C=O) groups is 8. The summed E-state index contributed by atoms with van der Waals surface area (Å²) in [6.07, 6.45) is -6.46. The molecule has 2 atom stereocenters. The standard InChI is InChI=1S/2C8H11NO8.Fe/c2*9-3(1-2-4(10)11)8(16)17-5(6(12)13)7(14)15;/h2*3,5H,1-2,9H2,(H,10,11)(H,12,13)(H,14,15);/q;;+2/p-2/t2*3-;/m00./s1. The molecule has 0 radical (unpaired) electrons. The van der Waals surface area contributed by atoms with Crippen LogP contribution in [0.15, 0.2) is 0 Å². The first kappa shape index (κ1) is 35.8. The first-order valence-electron chi connectivity index (χ1n) is 8.74. The van der Waals surface area contributed by atoms with E-state index in [0.29, 0.717) is 0 Å². The van der Waals surface area contributed by atoms with E-state index in [-0.39, 0.29) is 29.9 Å². The van der Waals surface area contributed by atoms with Gasteiger partial charge in [-0.1, -0.05) is 0 Å². The van der Waals surface area contributed by atoms with Crippen LogP contribution >= 0.6 is 0 Å². The Morgan fingerprint density at radius 2 is 0.829 bits per heavy atom. The van der Waals surface area contributed by atoms with Crippen LogP contribution in [0.5, 0.6) is 0 Å². The van der Waals surface area contributed by atoms with Crippen molar-refractivity contribution in [1.82, 2.24) is 0 Å². The van der Waals surface area contributed by atoms with Crippen LogP contribution in [0.1, 0.15) is 25.7 Å². The minimum atomic E-state index is -2.36. The number of carbonyl (C=O) groups excluding carboxylic acids is 4. The van der Waals surface area contributed by atoms with Gasteiger partial charge in [-0.15, -0.1) is 0 Å². The summed E-state index contributed by atoms with van der Waals surface area (Å²) < 4.78 is 8.18. The molecule has 198 valence electrons. The smallest absolute Gasteiger partial charge is 0.550 e. The maximum atomic E-state index is 11.1. The number of carboxylic acids is 6. The Balaban J connectivity index is -0.000000569. The van der Waals surface area contributed by atoms with Crippen molar-refractivity contribution in [1.29, 1.82) is 0 Å². The molecule has 0 rings (SSSR count). The molecule has 0 fully saturated rings. The molecule has 0 unspecified atom stereocenters. The van der Waals surface area contributed by atoms with Crippen molar-refractivity contribution in [3.8, 4) is 0 Å². The summed E-state index contributed by atoms with van der Waals surface area (Å²) in [5.74, 6) is -12.9. The van der Waals surface area contributed by atoms with Crippen molar-refractivity contribution in [3.63, 3.8) is 0 Å². The van der Waals surface area contributed by atoms with Crippen LogP contribution in [0, 0.1) is 0 Å². The summed E-state index contributed by atoms with van der Waals surface area (Å²) >= 11 is 0. The van der Waals surface area contributed by atoms with E-state index >= 15 is 0 Å². The molecule has 0 saturated heterocycles. The van der Waals surface area contributed by atoms with E-state index in [0.717, 1.165) is 0 Å². The van der Waals surface area contributed by atoms with Gasteiger partial charge in [-0.05, 0) is 25.7 Å². The van der Waals surface area contributed by atoms with Crippen LogP contribution < -0.4 is 21.7 Å². The fourth-order valence-corrected chi connectivity index (χ4v) is 1.60. The van der Waals surface area contributed by atoms with Crippen LogP contribution in [0.2, 0.25) is 0 Å². The number of esters is 2. The normalized spacial score (nSPS) is 11.5. The van der Waals surface area contributed by atoms with Crippen molar-refractivity contribution >= 4 is 47.8 Å². The van der Waals surface area contributed by atoms with Crippen LogP contribution in [-0.2, 0) is 64.9 Å². The van der Waals surface area contributed by atoms with Crippen LogP contribution in [-0.4, -0.2) is 92.5 Å². The molecular formula is C16H20FeN2O16. The van der Waals surface area contributed by atoms with Gasteiger partial charge >= 0.3 is 52.9 Å². The zero-order valence-corrected chi connectivity index (χ0v) is 18.4. The monoisotopic (exact) mass is 552 g/mol. The third kappa shape index (κ3) is 16.5. The summed E-state index contributed by atoms with van der Waals surface area (Å²) in [5.41, 5.74) is 10.3. The Morgan fingerprint density at radius 3 is 1.00 bits per heavy atom. The molecule has 0 aliphatic rings. The van der Waals surface area contributed by atoms with Gasteiger partial charge in [0.25, 0.3) is 12.2 Å². The molecular weight excluding hydrogens is 532 g/mol. The zero-order chi connectivity index (χ0) is 27.2. The Labute approximate surface area is 205 Å². The summed E-state index contributed by atoms with van der Waals surface area (Å²) in [6, 6.07) is -2.84. The van der Waals surface area contributed by atoms with Gasteiger partial charge in [0.2, 0.25) is 0 Å². The van der Waals surface area contributed by atoms with Crippen molar-refractivity contribution in [3.05, 3.63) is 0 Å². The van der Waals surface area contributed by atoms with E-state index in [2.05, 4.69) is 9.47 Å². The quantitative estimate of drug-likeness (QED) is 0.0663. The Morgan fingerprint density at radius 1 is 0.600 bits per heavy atom. The maximum Gasteiger partial charge on any atom is 2.00 e. The van der Waals surface area contributed by atoms with E-state index in [4.69, 9.17) is 31.9 Å². The van der Waals surface area contributed by atoms with E-state index in [1.807, 2.05) is 0 Å². The molecule has 19 heteroatoms. The van der Waals surface area contributed by atoms with Gasteiger partial charge in [-0.25, -0.2) is 19.2 Å².